The molecule has 2 aromatic rings. The van der Waals surface area contributed by atoms with Crippen LogP contribution in [-0.2, 0) is 43.9 Å². The first kappa shape index (κ1) is 16.5. The molecule has 0 saturated heterocycles. The molecular weight excluding hydrogens is 455 g/mol. The molecule has 1 unspecified atom stereocenters. The van der Waals surface area contributed by atoms with Gasteiger partial charge in [-0.25, -0.2) is 0 Å². The topological polar surface area (TPSA) is 0 Å². The molecule has 0 radical (unpaired) electrons. The predicted molar refractivity (Wildman–Crippen MR) is 100 cm³/mol. The Kier molecular flexibility index (Phi) is 3.99. The van der Waals surface area contributed by atoms with Crippen molar-refractivity contribution < 1.29 is 21.4 Å². The average Bonchev–Trinajstić information content (AvgIpc) is 3.02. The van der Waals surface area contributed by atoms with Crippen LogP contribution in [0.1, 0.15) is 41.7 Å². The summed E-state index contributed by atoms with van der Waals surface area (Å²) in [7, 11) is 0. The molecule has 0 aliphatic heterocycles. The third-order valence-corrected chi connectivity index (χ3v) is 14.6. The van der Waals surface area contributed by atoms with Crippen LogP contribution >= 0.6 is 0 Å². The van der Waals surface area contributed by atoms with Crippen molar-refractivity contribution in [1.29, 1.82) is 0 Å². The number of hydrogen-bond donors (Lipinski definition) is 0. The molecule has 24 heavy (non-hydrogen) atoms. The number of benzene rings is 2. The van der Waals surface area contributed by atoms with E-state index in [1.54, 1.807) is 16.7 Å². The first-order chi connectivity index (χ1) is 11.4. The summed E-state index contributed by atoms with van der Waals surface area (Å²) in [6.45, 7) is 4.82. The van der Waals surface area contributed by atoms with Crippen molar-refractivity contribution in [2.75, 3.05) is 0 Å². The maximum atomic E-state index is 2.60. The average molecular weight is 482 g/mol. The van der Waals surface area contributed by atoms with E-state index in [4.69, 9.17) is 0 Å². The van der Waals surface area contributed by atoms with Crippen molar-refractivity contribution in [3.63, 3.8) is 0 Å². The van der Waals surface area contributed by atoms with Gasteiger partial charge in [0.05, 0.1) is 0 Å². The summed E-state index contributed by atoms with van der Waals surface area (Å²) in [5, 5.41) is 0. The quantitative estimate of drug-likeness (QED) is 0.472. The van der Waals surface area contributed by atoms with Crippen LogP contribution in [0, 0.1) is 5.41 Å². The predicted octanol–water partition coefficient (Wildman–Crippen LogP) is 5.99. The normalized spacial score (nSPS) is 23.2. The Balaban J connectivity index is 1.79. The van der Waals surface area contributed by atoms with E-state index in [2.05, 4.69) is 77.8 Å². The van der Waals surface area contributed by atoms with Crippen LogP contribution in [0.3, 0.4) is 0 Å². The second-order valence-corrected chi connectivity index (χ2v) is 19.1. The molecule has 0 nitrogen and oxygen atoms in total. The van der Waals surface area contributed by atoms with Gasteiger partial charge in [0.2, 0.25) is 0 Å². The van der Waals surface area contributed by atoms with Gasteiger partial charge in [-0.2, -0.15) is 0 Å². The molecule has 0 amide bonds. The van der Waals surface area contributed by atoms with Crippen molar-refractivity contribution in [1.82, 2.24) is 0 Å². The van der Waals surface area contributed by atoms with Crippen LogP contribution in [-0.4, -0.2) is 0 Å². The Hall–Kier alpha value is -0.950. The molecular formula is C23H27Hf. The van der Waals surface area contributed by atoms with Crippen LogP contribution in [0.15, 0.2) is 48.5 Å². The molecule has 4 rings (SSSR count). The van der Waals surface area contributed by atoms with E-state index in [9.17, 15) is 0 Å². The number of allylic oxidation sites excluding steroid dienone is 1. The minimum atomic E-state index is -1.71. The fourth-order valence-electron chi connectivity index (χ4n) is 4.66. The summed E-state index contributed by atoms with van der Waals surface area (Å²) in [5.41, 5.74) is 8.29. The summed E-state index contributed by atoms with van der Waals surface area (Å²) in [6, 6.07) is 16.2. The van der Waals surface area contributed by atoms with Crippen molar-refractivity contribution in [2.45, 2.75) is 45.6 Å². The molecule has 0 spiro atoms. The van der Waals surface area contributed by atoms with Gasteiger partial charge >= 0.3 is 155 Å². The third-order valence-electron chi connectivity index (χ3n) is 5.96. The maximum absolute atomic E-state index is 2.60. The molecule has 0 N–H and O–H groups in total. The van der Waals surface area contributed by atoms with Crippen molar-refractivity contribution in [3.8, 4) is 0 Å². The van der Waals surface area contributed by atoms with E-state index in [0.717, 1.165) is 0 Å². The molecule has 2 aliphatic carbocycles. The van der Waals surface area contributed by atoms with Crippen molar-refractivity contribution in [2.24, 2.45) is 5.41 Å². The summed E-state index contributed by atoms with van der Waals surface area (Å²) in [4.78, 5) is 0. The molecule has 0 heterocycles. The second kappa shape index (κ2) is 5.80. The molecule has 1 heteroatoms. The Labute approximate surface area is 154 Å². The zero-order chi connectivity index (χ0) is 16.9. The van der Waals surface area contributed by atoms with Crippen molar-refractivity contribution >= 4 is 6.08 Å². The Morgan fingerprint density at radius 2 is 1.62 bits per heavy atom. The van der Waals surface area contributed by atoms with Crippen LogP contribution in [0.5, 0.6) is 0 Å². The van der Waals surface area contributed by atoms with E-state index in [1.165, 1.54) is 30.4 Å². The SMILES string of the molecule is [CH3][Hf]([CH3])[C]1(Cc2ccccc2)C=Cc2cc3c(cc21)CC(C)(C)C3. The van der Waals surface area contributed by atoms with E-state index >= 15 is 0 Å². The fourth-order valence-corrected chi connectivity index (χ4v) is 10.9. The summed E-state index contributed by atoms with van der Waals surface area (Å²) in [5.74, 6) is 0. The van der Waals surface area contributed by atoms with Gasteiger partial charge in [-0.05, 0) is 0 Å². The van der Waals surface area contributed by atoms with Gasteiger partial charge in [0.1, 0.15) is 0 Å². The van der Waals surface area contributed by atoms with E-state index in [0.29, 0.717) is 8.59 Å². The number of hydrogen-bond acceptors (Lipinski definition) is 0. The molecule has 0 saturated carbocycles. The summed E-state index contributed by atoms with van der Waals surface area (Å²) < 4.78 is 5.53. The Bertz CT molecular complexity index is 798. The first-order valence-electron chi connectivity index (χ1n) is 9.10. The van der Waals surface area contributed by atoms with Crippen LogP contribution in [0.25, 0.3) is 6.08 Å². The molecule has 2 aromatic carbocycles. The molecule has 0 bridgehead atoms. The van der Waals surface area contributed by atoms with Crippen LogP contribution in [0.4, 0.5) is 0 Å². The first-order valence-corrected chi connectivity index (χ1v) is 18.1. The Morgan fingerprint density at radius 3 is 2.29 bits per heavy atom. The zero-order valence-electron chi connectivity index (χ0n) is 15.3. The molecule has 0 aromatic heterocycles. The summed E-state index contributed by atoms with van der Waals surface area (Å²) in [6.07, 6.45) is 8.68. The standard InChI is InChI=1S/C21H21.2CH3.Hf/c1-21(2)13-18-11-17-9-8-16(20(17)12-19(18)14-21)10-15-6-4-3-5-7-15;;;/h3-9,11-12H,10,13-14H2,1-2H3;2*1H3;. The van der Waals surface area contributed by atoms with Gasteiger partial charge in [-0.3, -0.25) is 0 Å². The van der Waals surface area contributed by atoms with Crippen molar-refractivity contribution in [3.05, 3.63) is 76.4 Å². The molecule has 123 valence electrons. The molecule has 0 fully saturated rings. The minimum absolute atomic E-state index is 0.350. The fraction of sp³-hybridized carbons (Fsp3) is 0.391. The van der Waals surface area contributed by atoms with Crippen LogP contribution < -0.4 is 0 Å². The molecule has 2 aliphatic rings. The van der Waals surface area contributed by atoms with Gasteiger partial charge in [0.15, 0.2) is 0 Å². The van der Waals surface area contributed by atoms with E-state index in [-0.39, 0.29) is 0 Å². The van der Waals surface area contributed by atoms with Gasteiger partial charge in [-0.15, -0.1) is 0 Å². The van der Waals surface area contributed by atoms with E-state index < -0.39 is 21.4 Å². The van der Waals surface area contributed by atoms with Gasteiger partial charge in [0.25, 0.3) is 0 Å². The van der Waals surface area contributed by atoms with Crippen LogP contribution in [0.2, 0.25) is 9.36 Å². The van der Waals surface area contributed by atoms with E-state index in [1.807, 2.05) is 0 Å². The number of rotatable bonds is 3. The monoisotopic (exact) mass is 483 g/mol. The third kappa shape index (κ3) is 2.69. The number of fused-ring (bicyclic) bond motifs is 2. The van der Waals surface area contributed by atoms with Gasteiger partial charge < -0.3 is 0 Å². The van der Waals surface area contributed by atoms with Gasteiger partial charge in [-0.1, -0.05) is 0 Å². The zero-order valence-corrected chi connectivity index (χ0v) is 18.9. The van der Waals surface area contributed by atoms with Gasteiger partial charge in [0, 0.05) is 0 Å². The second-order valence-electron chi connectivity index (χ2n) is 8.69. The Morgan fingerprint density at radius 1 is 0.958 bits per heavy atom. The molecule has 1 atom stereocenters. The summed E-state index contributed by atoms with van der Waals surface area (Å²) >= 11 is -1.71.